The van der Waals surface area contributed by atoms with Gasteiger partial charge in [-0.1, -0.05) is 13.8 Å². The number of carbonyl (C=O) groups is 1. The van der Waals surface area contributed by atoms with Gasteiger partial charge in [-0.25, -0.2) is 0 Å². The van der Waals surface area contributed by atoms with Crippen LogP contribution in [0.3, 0.4) is 0 Å². The lowest BCUT2D eigenvalue weighted by molar-refractivity contribution is 0.0791. The number of hydrogen-bond acceptors (Lipinski definition) is 4. The van der Waals surface area contributed by atoms with Crippen LogP contribution < -0.4 is 14.8 Å². The second kappa shape index (κ2) is 8.52. The normalized spacial score (nSPS) is 12.1. The van der Waals surface area contributed by atoms with E-state index in [1.165, 1.54) is 0 Å². The topological polar surface area (TPSA) is 56.8 Å². The van der Waals surface area contributed by atoms with Gasteiger partial charge in [0.05, 0.1) is 20.8 Å². The van der Waals surface area contributed by atoms with Crippen molar-refractivity contribution in [3.05, 3.63) is 23.8 Å². The van der Waals surface area contributed by atoms with E-state index in [2.05, 4.69) is 19.2 Å². The third-order valence-corrected chi connectivity index (χ3v) is 2.84. The quantitative estimate of drug-likeness (QED) is 0.800. The van der Waals surface area contributed by atoms with Crippen LogP contribution in [0.25, 0.3) is 0 Å². The summed E-state index contributed by atoms with van der Waals surface area (Å²) in [5.41, 5.74) is 0.531. The Balaban J connectivity index is 2.58. The molecule has 1 unspecified atom stereocenters. The van der Waals surface area contributed by atoms with Crippen LogP contribution in [-0.2, 0) is 4.74 Å². The van der Waals surface area contributed by atoms with Crippen molar-refractivity contribution in [1.29, 1.82) is 0 Å². The Morgan fingerprint density at radius 2 is 1.76 bits per heavy atom. The molecular formula is C16H25NO4. The molecule has 5 nitrogen and oxygen atoms in total. The Bertz CT molecular complexity index is 460. The summed E-state index contributed by atoms with van der Waals surface area (Å²) in [6.07, 6.45) is 0. The lowest BCUT2D eigenvalue weighted by atomic mass is 10.1. The maximum atomic E-state index is 12.2. The zero-order valence-electron chi connectivity index (χ0n) is 13.4. The Kier molecular flexibility index (Phi) is 7.02. The number of nitrogens with one attached hydrogen (secondary N) is 1. The van der Waals surface area contributed by atoms with Gasteiger partial charge in [-0.3, -0.25) is 4.79 Å². The average Bonchev–Trinajstić information content (AvgIpc) is 2.45. The van der Waals surface area contributed by atoms with Crippen LogP contribution in [0.15, 0.2) is 18.2 Å². The first kappa shape index (κ1) is 17.3. The van der Waals surface area contributed by atoms with E-state index in [9.17, 15) is 4.79 Å². The third-order valence-electron chi connectivity index (χ3n) is 2.84. The smallest absolute Gasteiger partial charge is 0.251 e. The summed E-state index contributed by atoms with van der Waals surface area (Å²) in [6, 6.07) is 5.03. The highest BCUT2D eigenvalue weighted by Crippen LogP contribution is 2.27. The van der Waals surface area contributed by atoms with E-state index < -0.39 is 0 Å². The molecule has 0 bridgehead atoms. The van der Waals surface area contributed by atoms with Crippen molar-refractivity contribution in [3.8, 4) is 11.5 Å². The Hall–Kier alpha value is -1.75. The van der Waals surface area contributed by atoms with E-state index in [0.29, 0.717) is 36.2 Å². The van der Waals surface area contributed by atoms with E-state index in [0.717, 1.165) is 0 Å². The van der Waals surface area contributed by atoms with Crippen molar-refractivity contribution in [1.82, 2.24) is 5.32 Å². The fourth-order valence-electron chi connectivity index (χ4n) is 1.81. The predicted octanol–water partition coefficient (Wildman–Crippen LogP) is 2.49. The van der Waals surface area contributed by atoms with Gasteiger partial charge in [0.15, 0.2) is 11.5 Å². The molecule has 0 spiro atoms. The molecule has 1 aromatic rings. The molecule has 0 heterocycles. The summed E-state index contributed by atoms with van der Waals surface area (Å²) >= 11 is 0. The van der Waals surface area contributed by atoms with E-state index in [1.807, 2.05) is 6.92 Å². The first-order valence-electron chi connectivity index (χ1n) is 7.08. The Labute approximate surface area is 126 Å². The van der Waals surface area contributed by atoms with Gasteiger partial charge < -0.3 is 19.5 Å². The highest BCUT2D eigenvalue weighted by molar-refractivity contribution is 5.95. The van der Waals surface area contributed by atoms with Crippen LogP contribution in [0.2, 0.25) is 0 Å². The molecule has 5 heteroatoms. The maximum Gasteiger partial charge on any atom is 0.251 e. The molecule has 0 fully saturated rings. The molecule has 0 aliphatic carbocycles. The lowest BCUT2D eigenvalue weighted by Crippen LogP contribution is -2.36. The minimum atomic E-state index is -0.156. The first-order valence-corrected chi connectivity index (χ1v) is 7.08. The minimum absolute atomic E-state index is 0.0515. The van der Waals surface area contributed by atoms with Crippen LogP contribution in [0.1, 0.15) is 31.1 Å². The van der Waals surface area contributed by atoms with Crippen molar-refractivity contribution >= 4 is 5.91 Å². The second-order valence-electron chi connectivity index (χ2n) is 5.38. The fourth-order valence-corrected chi connectivity index (χ4v) is 1.81. The molecular weight excluding hydrogens is 270 g/mol. The molecule has 1 N–H and O–H groups in total. The van der Waals surface area contributed by atoms with Crippen molar-refractivity contribution in [2.45, 2.75) is 26.8 Å². The van der Waals surface area contributed by atoms with E-state index >= 15 is 0 Å². The standard InChI is InChI=1S/C16H25NO4/c1-11(2)9-21-10-12(3)17-16(18)13-6-7-14(19-4)15(8-13)20-5/h6-8,11-12H,9-10H2,1-5H3,(H,17,18). The molecule has 1 atom stereocenters. The van der Waals surface area contributed by atoms with E-state index in [4.69, 9.17) is 14.2 Å². The van der Waals surface area contributed by atoms with Crippen LogP contribution in [0.5, 0.6) is 11.5 Å². The van der Waals surface area contributed by atoms with Gasteiger partial charge in [0.1, 0.15) is 0 Å². The van der Waals surface area contributed by atoms with Gasteiger partial charge in [-0.05, 0) is 31.0 Å². The van der Waals surface area contributed by atoms with Crippen molar-refractivity contribution in [2.75, 3.05) is 27.4 Å². The van der Waals surface area contributed by atoms with Gasteiger partial charge in [0, 0.05) is 18.2 Å². The maximum absolute atomic E-state index is 12.2. The summed E-state index contributed by atoms with van der Waals surface area (Å²) in [6.45, 7) is 7.28. The molecule has 118 valence electrons. The highest BCUT2D eigenvalue weighted by atomic mass is 16.5. The zero-order valence-corrected chi connectivity index (χ0v) is 13.4. The minimum Gasteiger partial charge on any atom is -0.493 e. The Morgan fingerprint density at radius 3 is 2.33 bits per heavy atom. The van der Waals surface area contributed by atoms with Gasteiger partial charge in [0.25, 0.3) is 5.91 Å². The number of carbonyl (C=O) groups excluding carboxylic acids is 1. The fraction of sp³-hybridized carbons (Fsp3) is 0.562. The van der Waals surface area contributed by atoms with E-state index in [1.54, 1.807) is 32.4 Å². The van der Waals surface area contributed by atoms with Crippen LogP contribution >= 0.6 is 0 Å². The van der Waals surface area contributed by atoms with Crippen molar-refractivity contribution < 1.29 is 19.0 Å². The molecule has 1 aromatic carbocycles. The monoisotopic (exact) mass is 295 g/mol. The summed E-state index contributed by atoms with van der Waals surface area (Å²) in [5.74, 6) is 1.46. The number of rotatable bonds is 8. The zero-order chi connectivity index (χ0) is 15.8. The average molecular weight is 295 g/mol. The van der Waals surface area contributed by atoms with Crippen molar-refractivity contribution in [2.24, 2.45) is 5.92 Å². The molecule has 1 rings (SSSR count). The first-order chi connectivity index (χ1) is 9.97. The lowest BCUT2D eigenvalue weighted by Gasteiger charge is -2.16. The molecule has 0 aliphatic heterocycles. The number of hydrogen-bond donors (Lipinski definition) is 1. The van der Waals surface area contributed by atoms with E-state index in [-0.39, 0.29) is 11.9 Å². The van der Waals surface area contributed by atoms with Crippen LogP contribution in [0, 0.1) is 5.92 Å². The number of methoxy groups -OCH3 is 2. The number of amides is 1. The molecule has 1 amide bonds. The highest BCUT2D eigenvalue weighted by Gasteiger charge is 2.13. The second-order valence-corrected chi connectivity index (χ2v) is 5.38. The molecule has 0 saturated heterocycles. The summed E-state index contributed by atoms with van der Waals surface area (Å²) in [5, 5.41) is 2.90. The molecule has 0 aromatic heterocycles. The van der Waals surface area contributed by atoms with Gasteiger partial charge in [0.2, 0.25) is 0 Å². The summed E-state index contributed by atoms with van der Waals surface area (Å²) < 4.78 is 15.9. The summed E-state index contributed by atoms with van der Waals surface area (Å²) in [4.78, 5) is 12.2. The van der Waals surface area contributed by atoms with Crippen LogP contribution in [-0.4, -0.2) is 39.4 Å². The van der Waals surface area contributed by atoms with Gasteiger partial charge in [-0.2, -0.15) is 0 Å². The summed E-state index contributed by atoms with van der Waals surface area (Å²) in [7, 11) is 3.10. The number of ether oxygens (including phenoxy) is 3. The largest absolute Gasteiger partial charge is 0.493 e. The predicted molar refractivity (Wildman–Crippen MR) is 82.1 cm³/mol. The molecule has 0 radical (unpaired) electrons. The van der Waals surface area contributed by atoms with Crippen LogP contribution in [0.4, 0.5) is 0 Å². The van der Waals surface area contributed by atoms with Gasteiger partial charge >= 0.3 is 0 Å². The van der Waals surface area contributed by atoms with Gasteiger partial charge in [-0.15, -0.1) is 0 Å². The molecule has 0 saturated carbocycles. The SMILES string of the molecule is COc1ccc(C(=O)NC(C)COCC(C)C)cc1OC. The molecule has 0 aliphatic rings. The third kappa shape index (κ3) is 5.63. The molecule has 21 heavy (non-hydrogen) atoms. The Morgan fingerprint density at radius 1 is 1.10 bits per heavy atom. The van der Waals surface area contributed by atoms with Crippen molar-refractivity contribution in [3.63, 3.8) is 0 Å². The number of benzene rings is 1.